The molecule has 2 heteroatoms. The zero-order chi connectivity index (χ0) is 8.43. The third-order valence-corrected chi connectivity index (χ3v) is 2.74. The van der Waals surface area contributed by atoms with E-state index in [1.54, 1.807) is 0 Å². The molecule has 0 aliphatic heterocycles. The molecule has 0 unspecified atom stereocenters. The van der Waals surface area contributed by atoms with Gasteiger partial charge in [-0.15, -0.1) is 5.56 Å². The van der Waals surface area contributed by atoms with Gasteiger partial charge < -0.3 is 4.90 Å². The highest BCUT2D eigenvalue weighted by Crippen LogP contribution is 2.26. The third-order valence-electron chi connectivity index (χ3n) is 2.02. The van der Waals surface area contributed by atoms with Crippen LogP contribution in [0, 0.1) is 0 Å². The molecule has 0 radical (unpaired) electrons. The second kappa shape index (κ2) is 3.46. The maximum atomic E-state index is 3.51. The van der Waals surface area contributed by atoms with E-state index in [4.69, 9.17) is 0 Å². The van der Waals surface area contributed by atoms with Gasteiger partial charge in [-0.05, 0) is 20.1 Å². The van der Waals surface area contributed by atoms with Crippen LogP contribution < -0.4 is 0 Å². The van der Waals surface area contributed by atoms with Crippen molar-refractivity contribution in [2.45, 2.75) is 13.0 Å². The van der Waals surface area contributed by atoms with Crippen LogP contribution in [-0.4, -0.2) is 19.0 Å². The summed E-state index contributed by atoms with van der Waals surface area (Å²) in [4.78, 5) is 2.19. The predicted octanol–water partition coefficient (Wildman–Crippen LogP) is 2.79. The standard InChI is InChI=1S/C9H13BrN/c1-7(11(2)3)8-5-4-6-9(8)10/h4-7H,1-3H3/q-1/t7-/m1/s1. The van der Waals surface area contributed by atoms with Gasteiger partial charge in [0.05, 0.1) is 0 Å². The molecule has 1 aromatic carbocycles. The second-order valence-corrected chi connectivity index (χ2v) is 3.82. The highest BCUT2D eigenvalue weighted by atomic mass is 79.9. The van der Waals surface area contributed by atoms with E-state index < -0.39 is 0 Å². The van der Waals surface area contributed by atoms with Gasteiger partial charge in [-0.2, -0.15) is 12.1 Å². The Balaban J connectivity index is 2.84. The molecule has 62 valence electrons. The van der Waals surface area contributed by atoms with Crippen molar-refractivity contribution >= 4 is 15.9 Å². The molecule has 1 aromatic rings. The minimum Gasteiger partial charge on any atom is -0.314 e. The van der Waals surface area contributed by atoms with Crippen LogP contribution in [0.15, 0.2) is 22.7 Å². The summed E-state index contributed by atoms with van der Waals surface area (Å²) in [6.07, 6.45) is 0. The minimum absolute atomic E-state index is 0.486. The van der Waals surface area contributed by atoms with Crippen LogP contribution in [0.4, 0.5) is 0 Å². The van der Waals surface area contributed by atoms with E-state index in [9.17, 15) is 0 Å². The molecule has 0 aromatic heterocycles. The van der Waals surface area contributed by atoms with Crippen molar-refractivity contribution in [1.29, 1.82) is 0 Å². The summed E-state index contributed by atoms with van der Waals surface area (Å²) in [7, 11) is 4.17. The SMILES string of the molecule is C[C@H]([c-]1cccc1Br)N(C)C. The molecule has 0 heterocycles. The fourth-order valence-electron chi connectivity index (χ4n) is 1.03. The fourth-order valence-corrected chi connectivity index (χ4v) is 1.65. The first-order valence-corrected chi connectivity index (χ1v) is 4.49. The van der Waals surface area contributed by atoms with Crippen LogP contribution in [0.2, 0.25) is 0 Å². The van der Waals surface area contributed by atoms with E-state index in [1.165, 1.54) is 10.0 Å². The Morgan fingerprint density at radius 3 is 2.55 bits per heavy atom. The first-order valence-electron chi connectivity index (χ1n) is 3.70. The molecule has 1 nitrogen and oxygen atoms in total. The number of nitrogens with zero attached hydrogens (tertiary/aromatic N) is 1. The van der Waals surface area contributed by atoms with Crippen molar-refractivity contribution in [3.05, 3.63) is 28.2 Å². The zero-order valence-corrected chi connectivity index (χ0v) is 8.72. The second-order valence-electron chi connectivity index (χ2n) is 2.97. The lowest BCUT2D eigenvalue weighted by Gasteiger charge is -2.23. The van der Waals surface area contributed by atoms with Crippen molar-refractivity contribution in [3.8, 4) is 0 Å². The van der Waals surface area contributed by atoms with Gasteiger partial charge in [-0.25, -0.2) is 6.07 Å². The lowest BCUT2D eigenvalue weighted by Crippen LogP contribution is -2.16. The molecule has 0 saturated heterocycles. The summed E-state index contributed by atoms with van der Waals surface area (Å²) < 4.78 is 1.21. The molecule has 11 heavy (non-hydrogen) atoms. The van der Waals surface area contributed by atoms with Gasteiger partial charge in [-0.1, -0.05) is 27.3 Å². The summed E-state index contributed by atoms with van der Waals surface area (Å²) >= 11 is 3.51. The Kier molecular flexibility index (Phi) is 2.79. The van der Waals surface area contributed by atoms with Crippen LogP contribution in [0.25, 0.3) is 0 Å². The normalized spacial score (nSPS) is 13.9. The van der Waals surface area contributed by atoms with Crippen LogP contribution in [-0.2, 0) is 0 Å². The highest BCUT2D eigenvalue weighted by molar-refractivity contribution is 9.10. The largest absolute Gasteiger partial charge is 0.314 e. The van der Waals surface area contributed by atoms with E-state index in [2.05, 4.69) is 60.0 Å². The molecule has 0 bridgehead atoms. The van der Waals surface area contributed by atoms with E-state index >= 15 is 0 Å². The maximum absolute atomic E-state index is 3.51. The molecule has 0 spiro atoms. The molecule has 0 fully saturated rings. The Hall–Kier alpha value is -0.210. The molecule has 0 aliphatic carbocycles. The summed E-state index contributed by atoms with van der Waals surface area (Å²) in [6.45, 7) is 2.19. The molecule has 1 atom stereocenters. The van der Waals surface area contributed by atoms with Gasteiger partial charge in [0.1, 0.15) is 0 Å². The first kappa shape index (κ1) is 8.88. The smallest absolute Gasteiger partial charge is 0.0126 e. The van der Waals surface area contributed by atoms with Crippen molar-refractivity contribution in [3.63, 3.8) is 0 Å². The lowest BCUT2D eigenvalue weighted by atomic mass is 10.1. The Morgan fingerprint density at radius 1 is 1.55 bits per heavy atom. The van der Waals surface area contributed by atoms with Crippen LogP contribution in [0.3, 0.4) is 0 Å². The predicted molar refractivity (Wildman–Crippen MR) is 51.8 cm³/mol. The average Bonchev–Trinajstić information content (AvgIpc) is 2.33. The fraction of sp³-hybridized carbons (Fsp3) is 0.444. The monoisotopic (exact) mass is 214 g/mol. The first-order chi connectivity index (χ1) is 5.13. The number of hydrogen-bond acceptors (Lipinski definition) is 1. The van der Waals surface area contributed by atoms with E-state index in [0.717, 1.165) is 0 Å². The van der Waals surface area contributed by atoms with Gasteiger partial charge in [0.25, 0.3) is 0 Å². The Labute approximate surface area is 76.5 Å². The van der Waals surface area contributed by atoms with Crippen molar-refractivity contribution in [2.24, 2.45) is 0 Å². The number of hydrogen-bond donors (Lipinski definition) is 0. The van der Waals surface area contributed by atoms with E-state index in [1.807, 2.05) is 0 Å². The zero-order valence-electron chi connectivity index (χ0n) is 7.13. The molecule has 0 amide bonds. The molecule has 0 N–H and O–H groups in total. The number of halogens is 1. The highest BCUT2D eigenvalue weighted by Gasteiger charge is 2.03. The van der Waals surface area contributed by atoms with Crippen LogP contribution >= 0.6 is 15.9 Å². The quantitative estimate of drug-likeness (QED) is 0.685. The molecule has 1 rings (SSSR count). The van der Waals surface area contributed by atoms with Crippen molar-refractivity contribution in [2.75, 3.05) is 14.1 Å². The van der Waals surface area contributed by atoms with Gasteiger partial charge in [-0.3, -0.25) is 0 Å². The molecule has 0 aliphatic rings. The molecule has 0 saturated carbocycles. The summed E-state index contributed by atoms with van der Waals surface area (Å²) in [5.41, 5.74) is 1.36. The van der Waals surface area contributed by atoms with Gasteiger partial charge in [0, 0.05) is 0 Å². The maximum Gasteiger partial charge on any atom is -0.0126 e. The topological polar surface area (TPSA) is 3.24 Å². The summed E-state index contributed by atoms with van der Waals surface area (Å²) in [6, 6.07) is 6.78. The Morgan fingerprint density at radius 2 is 2.18 bits per heavy atom. The lowest BCUT2D eigenvalue weighted by molar-refractivity contribution is 0.321. The minimum atomic E-state index is 0.486. The molecular formula is C9H13BrN-. The van der Waals surface area contributed by atoms with E-state index in [-0.39, 0.29) is 0 Å². The van der Waals surface area contributed by atoms with Crippen LogP contribution in [0.1, 0.15) is 18.5 Å². The van der Waals surface area contributed by atoms with Crippen LogP contribution in [0.5, 0.6) is 0 Å². The molecular weight excluding hydrogens is 202 g/mol. The van der Waals surface area contributed by atoms with Crippen molar-refractivity contribution in [1.82, 2.24) is 4.90 Å². The number of rotatable bonds is 2. The van der Waals surface area contributed by atoms with Gasteiger partial charge >= 0.3 is 0 Å². The van der Waals surface area contributed by atoms with E-state index in [0.29, 0.717) is 6.04 Å². The summed E-state index contributed by atoms with van der Waals surface area (Å²) in [5, 5.41) is 0. The van der Waals surface area contributed by atoms with Gasteiger partial charge in [0.2, 0.25) is 0 Å². The Bertz CT molecular complexity index is 227. The van der Waals surface area contributed by atoms with Gasteiger partial charge in [0.15, 0.2) is 0 Å². The third kappa shape index (κ3) is 1.88. The average molecular weight is 215 g/mol. The summed E-state index contributed by atoms with van der Waals surface area (Å²) in [5.74, 6) is 0. The van der Waals surface area contributed by atoms with Crippen molar-refractivity contribution < 1.29 is 0 Å².